The summed E-state index contributed by atoms with van der Waals surface area (Å²) in [5, 5.41) is 9.41. The molecule has 0 saturated heterocycles. The predicted molar refractivity (Wildman–Crippen MR) is 42.3 cm³/mol. The summed E-state index contributed by atoms with van der Waals surface area (Å²) in [6.45, 7) is 2.03. The number of hydrogen-bond acceptors (Lipinski definition) is 2. The molecule has 1 aliphatic carbocycles. The van der Waals surface area contributed by atoms with Gasteiger partial charge in [-0.25, -0.2) is 0 Å². The van der Waals surface area contributed by atoms with Crippen LogP contribution in [0, 0.1) is 6.92 Å². The Morgan fingerprint density at radius 2 is 2.45 bits per heavy atom. The van der Waals surface area contributed by atoms with Crippen LogP contribution < -0.4 is 0 Å². The normalized spacial score (nSPS) is 21.8. The molecule has 1 N–H and O–H groups in total. The number of aryl methyl sites for hydroxylation is 2. The number of nitrogens with zero attached hydrogens (tertiary/aromatic N) is 1. The highest BCUT2D eigenvalue weighted by molar-refractivity contribution is 5.29. The van der Waals surface area contributed by atoms with Gasteiger partial charge in [0.05, 0.1) is 11.8 Å². The van der Waals surface area contributed by atoms with Gasteiger partial charge in [-0.2, -0.15) is 0 Å². The molecule has 1 aliphatic rings. The molecular weight excluding hydrogens is 138 g/mol. The maximum absolute atomic E-state index is 9.41. The molecule has 0 spiro atoms. The molecule has 0 fully saturated rings. The maximum Gasteiger partial charge on any atom is 0.0965 e. The quantitative estimate of drug-likeness (QED) is 0.604. The van der Waals surface area contributed by atoms with E-state index >= 15 is 0 Å². The fourth-order valence-corrected chi connectivity index (χ4v) is 1.57. The lowest BCUT2D eigenvalue weighted by Crippen LogP contribution is -1.94. The lowest BCUT2D eigenvalue weighted by Gasteiger charge is -2.01. The Bertz CT molecular complexity index is 283. The Hall–Kier alpha value is -0.890. The number of hydrogen-bond donors (Lipinski definition) is 1. The summed E-state index contributed by atoms with van der Waals surface area (Å²) in [5.41, 5.74) is 3.28. The van der Waals surface area contributed by atoms with Crippen LogP contribution in [-0.2, 0) is 6.42 Å². The summed E-state index contributed by atoms with van der Waals surface area (Å²) >= 11 is 0. The van der Waals surface area contributed by atoms with Gasteiger partial charge in [-0.3, -0.25) is 4.98 Å². The van der Waals surface area contributed by atoms with E-state index in [1.165, 1.54) is 11.1 Å². The summed E-state index contributed by atoms with van der Waals surface area (Å²) in [6, 6.07) is 2.11. The van der Waals surface area contributed by atoms with Crippen LogP contribution in [0.15, 0.2) is 12.3 Å². The van der Waals surface area contributed by atoms with E-state index in [0.29, 0.717) is 0 Å². The van der Waals surface area contributed by atoms with Crippen LogP contribution in [0.2, 0.25) is 0 Å². The molecule has 11 heavy (non-hydrogen) atoms. The van der Waals surface area contributed by atoms with Gasteiger partial charge in [0, 0.05) is 6.20 Å². The first-order valence-corrected chi connectivity index (χ1v) is 3.91. The average Bonchev–Trinajstić information content (AvgIpc) is 2.32. The number of aliphatic hydroxyl groups excluding tert-OH is 1. The Morgan fingerprint density at radius 1 is 1.64 bits per heavy atom. The Morgan fingerprint density at radius 3 is 3.27 bits per heavy atom. The number of aliphatic hydroxyl groups is 1. The van der Waals surface area contributed by atoms with Crippen molar-refractivity contribution in [3.05, 3.63) is 29.1 Å². The third-order valence-corrected chi connectivity index (χ3v) is 2.14. The monoisotopic (exact) mass is 149 g/mol. The van der Waals surface area contributed by atoms with Gasteiger partial charge in [0.2, 0.25) is 0 Å². The third-order valence-electron chi connectivity index (χ3n) is 2.14. The molecule has 2 rings (SSSR count). The van der Waals surface area contributed by atoms with E-state index in [0.717, 1.165) is 18.5 Å². The molecule has 0 saturated carbocycles. The van der Waals surface area contributed by atoms with E-state index < -0.39 is 0 Å². The van der Waals surface area contributed by atoms with E-state index in [-0.39, 0.29) is 6.10 Å². The van der Waals surface area contributed by atoms with E-state index in [2.05, 4.69) is 11.1 Å². The van der Waals surface area contributed by atoms with Crippen molar-refractivity contribution < 1.29 is 5.11 Å². The molecule has 0 bridgehead atoms. The smallest absolute Gasteiger partial charge is 0.0965 e. The zero-order chi connectivity index (χ0) is 7.84. The lowest BCUT2D eigenvalue weighted by atomic mass is 10.2. The topological polar surface area (TPSA) is 33.1 Å². The molecule has 1 aromatic heterocycles. The van der Waals surface area contributed by atoms with E-state index in [1.807, 2.05) is 13.1 Å². The number of pyridine rings is 1. The third kappa shape index (κ3) is 1.03. The fraction of sp³-hybridized carbons (Fsp3) is 0.444. The summed E-state index contributed by atoms with van der Waals surface area (Å²) in [6.07, 6.45) is 3.32. The molecule has 2 heteroatoms. The minimum absolute atomic E-state index is 0.314. The minimum atomic E-state index is -0.314. The van der Waals surface area contributed by atoms with Gasteiger partial charge in [0.15, 0.2) is 0 Å². The lowest BCUT2D eigenvalue weighted by molar-refractivity contribution is 0.176. The molecule has 2 nitrogen and oxygen atoms in total. The Kier molecular flexibility index (Phi) is 1.43. The second-order valence-corrected chi connectivity index (χ2v) is 3.11. The van der Waals surface area contributed by atoms with Crippen LogP contribution in [-0.4, -0.2) is 10.1 Å². The van der Waals surface area contributed by atoms with Crippen molar-refractivity contribution >= 4 is 0 Å². The van der Waals surface area contributed by atoms with Crippen molar-refractivity contribution in [1.29, 1.82) is 0 Å². The summed E-state index contributed by atoms with van der Waals surface area (Å²) in [7, 11) is 0. The highest BCUT2D eigenvalue weighted by Gasteiger charge is 2.20. The van der Waals surface area contributed by atoms with Crippen LogP contribution in [0.1, 0.15) is 29.3 Å². The van der Waals surface area contributed by atoms with Crippen LogP contribution in [0.4, 0.5) is 0 Å². The standard InChI is InChI=1S/C9H11NO/c1-6-4-7-2-3-8(11)9(7)10-5-6/h4-5,8,11H,2-3H2,1H3. The number of aromatic nitrogens is 1. The molecule has 0 radical (unpaired) electrons. The van der Waals surface area contributed by atoms with Crippen molar-refractivity contribution in [2.45, 2.75) is 25.9 Å². The first-order valence-electron chi connectivity index (χ1n) is 3.91. The van der Waals surface area contributed by atoms with Gasteiger partial charge in [-0.15, -0.1) is 0 Å². The van der Waals surface area contributed by atoms with Crippen LogP contribution in [0.5, 0.6) is 0 Å². The zero-order valence-electron chi connectivity index (χ0n) is 6.54. The van der Waals surface area contributed by atoms with Gasteiger partial charge in [-0.1, -0.05) is 6.07 Å². The molecule has 1 heterocycles. The van der Waals surface area contributed by atoms with Crippen LogP contribution >= 0.6 is 0 Å². The van der Waals surface area contributed by atoms with Gasteiger partial charge >= 0.3 is 0 Å². The van der Waals surface area contributed by atoms with Crippen molar-refractivity contribution in [2.24, 2.45) is 0 Å². The zero-order valence-corrected chi connectivity index (χ0v) is 6.54. The molecule has 58 valence electrons. The van der Waals surface area contributed by atoms with Crippen LogP contribution in [0.25, 0.3) is 0 Å². The minimum Gasteiger partial charge on any atom is -0.387 e. The van der Waals surface area contributed by atoms with Gasteiger partial charge in [0.1, 0.15) is 0 Å². The Balaban J connectivity index is 2.50. The summed E-state index contributed by atoms with van der Waals surface area (Å²) in [4.78, 5) is 4.19. The fourth-order valence-electron chi connectivity index (χ4n) is 1.57. The highest BCUT2D eigenvalue weighted by atomic mass is 16.3. The number of fused-ring (bicyclic) bond motifs is 1. The molecule has 1 atom stereocenters. The van der Waals surface area contributed by atoms with E-state index in [9.17, 15) is 5.11 Å². The maximum atomic E-state index is 9.41. The first-order chi connectivity index (χ1) is 5.27. The predicted octanol–water partition coefficient (Wildman–Crippen LogP) is 1.37. The second kappa shape index (κ2) is 2.31. The summed E-state index contributed by atoms with van der Waals surface area (Å²) < 4.78 is 0. The second-order valence-electron chi connectivity index (χ2n) is 3.11. The van der Waals surface area contributed by atoms with Crippen molar-refractivity contribution in [3.63, 3.8) is 0 Å². The SMILES string of the molecule is Cc1cnc2c(c1)CCC2O. The molecule has 0 amide bonds. The molecule has 0 aromatic carbocycles. The molecular formula is C9H11NO. The van der Waals surface area contributed by atoms with Crippen molar-refractivity contribution in [3.8, 4) is 0 Å². The van der Waals surface area contributed by atoms with Crippen LogP contribution in [0.3, 0.4) is 0 Å². The number of rotatable bonds is 0. The van der Waals surface area contributed by atoms with Crippen molar-refractivity contribution in [1.82, 2.24) is 4.98 Å². The highest BCUT2D eigenvalue weighted by Crippen LogP contribution is 2.28. The average molecular weight is 149 g/mol. The molecule has 0 aliphatic heterocycles. The summed E-state index contributed by atoms with van der Waals surface area (Å²) in [5.74, 6) is 0. The van der Waals surface area contributed by atoms with E-state index in [4.69, 9.17) is 0 Å². The first kappa shape index (κ1) is 6.80. The molecule has 1 aromatic rings. The largest absolute Gasteiger partial charge is 0.387 e. The van der Waals surface area contributed by atoms with Crippen molar-refractivity contribution in [2.75, 3.05) is 0 Å². The van der Waals surface area contributed by atoms with Gasteiger partial charge in [-0.05, 0) is 30.9 Å². The molecule has 1 unspecified atom stereocenters. The van der Waals surface area contributed by atoms with E-state index in [1.54, 1.807) is 0 Å². The Labute approximate surface area is 65.9 Å². The van der Waals surface area contributed by atoms with Gasteiger partial charge < -0.3 is 5.11 Å². The van der Waals surface area contributed by atoms with Gasteiger partial charge in [0.25, 0.3) is 0 Å².